The van der Waals surface area contributed by atoms with Crippen LogP contribution in [0.5, 0.6) is 0 Å². The minimum absolute atomic E-state index is 0.750. The van der Waals surface area contributed by atoms with E-state index in [9.17, 15) is 0 Å². The highest BCUT2D eigenvalue weighted by Crippen LogP contribution is 2.22. The molecule has 0 aliphatic heterocycles. The number of pyridine rings is 1. The summed E-state index contributed by atoms with van der Waals surface area (Å²) in [4.78, 5) is 4.76. The summed E-state index contributed by atoms with van der Waals surface area (Å²) in [5, 5.41) is 10.2. The van der Waals surface area contributed by atoms with E-state index in [1.165, 1.54) is 29.0 Å². The van der Waals surface area contributed by atoms with Gasteiger partial charge >= 0.3 is 0 Å². The molecule has 0 N–H and O–H groups in total. The number of fused-ring (bicyclic) bond motifs is 1. The predicted molar refractivity (Wildman–Crippen MR) is 97.7 cm³/mol. The van der Waals surface area contributed by atoms with Crippen molar-refractivity contribution in [2.24, 2.45) is 0 Å². The van der Waals surface area contributed by atoms with Gasteiger partial charge in [0.25, 0.3) is 0 Å². The topological polar surface area (TPSA) is 43.6 Å². The standard InChI is InChI=1S/C18H24N4Si/c1-4-23(5-2,6-3)18-17-16(12-13-19-18)22(21-20-17)14-15-10-8-7-9-11-15/h7-13H,4-6,14H2,1-3H3. The zero-order chi connectivity index (χ0) is 16.3. The monoisotopic (exact) mass is 324 g/mol. The molecule has 5 heteroatoms. The largest absolute Gasteiger partial charge is 0.264 e. The maximum absolute atomic E-state index is 4.76. The summed E-state index contributed by atoms with van der Waals surface area (Å²) >= 11 is 0. The van der Waals surface area contributed by atoms with Crippen LogP contribution >= 0.6 is 0 Å². The first kappa shape index (κ1) is 15.9. The first-order valence-electron chi connectivity index (χ1n) is 8.46. The van der Waals surface area contributed by atoms with Gasteiger partial charge in [-0.1, -0.05) is 74.4 Å². The van der Waals surface area contributed by atoms with E-state index >= 15 is 0 Å². The van der Waals surface area contributed by atoms with E-state index in [4.69, 9.17) is 4.98 Å². The third-order valence-corrected chi connectivity index (χ3v) is 10.6. The van der Waals surface area contributed by atoms with Gasteiger partial charge in [-0.25, -0.2) is 4.68 Å². The van der Waals surface area contributed by atoms with Crippen LogP contribution in [0.15, 0.2) is 42.6 Å². The first-order valence-corrected chi connectivity index (χ1v) is 11.1. The third-order valence-electron chi connectivity index (χ3n) is 5.14. The van der Waals surface area contributed by atoms with Crippen molar-refractivity contribution in [3.8, 4) is 0 Å². The van der Waals surface area contributed by atoms with E-state index in [2.05, 4.69) is 55.3 Å². The Morgan fingerprint density at radius 3 is 2.30 bits per heavy atom. The molecule has 2 heterocycles. The summed E-state index contributed by atoms with van der Waals surface area (Å²) < 4.78 is 2.00. The lowest BCUT2D eigenvalue weighted by Crippen LogP contribution is -2.48. The molecule has 2 aromatic heterocycles. The lowest BCUT2D eigenvalue weighted by molar-refractivity contribution is 0.670. The molecule has 0 aliphatic rings. The van der Waals surface area contributed by atoms with Crippen molar-refractivity contribution in [1.82, 2.24) is 20.0 Å². The van der Waals surface area contributed by atoms with Crippen molar-refractivity contribution in [3.63, 3.8) is 0 Å². The summed E-state index contributed by atoms with van der Waals surface area (Å²) in [6.45, 7) is 7.65. The van der Waals surface area contributed by atoms with Crippen LogP contribution in [0.3, 0.4) is 0 Å². The highest BCUT2D eigenvalue weighted by molar-refractivity contribution is 6.92. The Bertz CT molecular complexity index is 770. The maximum Gasteiger partial charge on any atom is 0.130 e. The van der Waals surface area contributed by atoms with Gasteiger partial charge in [-0.2, -0.15) is 0 Å². The molecule has 0 bridgehead atoms. The summed E-state index contributed by atoms with van der Waals surface area (Å²) in [6.07, 6.45) is 1.94. The Balaban J connectivity index is 2.07. The molecule has 0 saturated carbocycles. The van der Waals surface area contributed by atoms with Crippen molar-refractivity contribution < 1.29 is 0 Å². The molecule has 0 spiro atoms. The van der Waals surface area contributed by atoms with Crippen LogP contribution < -0.4 is 5.32 Å². The molecule has 1 aromatic carbocycles. The van der Waals surface area contributed by atoms with Crippen molar-refractivity contribution in [3.05, 3.63) is 48.2 Å². The lowest BCUT2D eigenvalue weighted by atomic mass is 10.2. The number of aromatic nitrogens is 4. The third kappa shape index (κ3) is 2.81. The van der Waals surface area contributed by atoms with Crippen LogP contribution in [0, 0.1) is 0 Å². The highest BCUT2D eigenvalue weighted by atomic mass is 28.3. The molecule has 0 radical (unpaired) electrons. The molecule has 3 aromatic rings. The molecule has 23 heavy (non-hydrogen) atoms. The Kier molecular flexibility index (Phi) is 4.57. The highest BCUT2D eigenvalue weighted by Gasteiger charge is 2.33. The van der Waals surface area contributed by atoms with Gasteiger partial charge in [0.1, 0.15) is 13.6 Å². The normalized spacial score (nSPS) is 12.0. The molecule has 4 nitrogen and oxygen atoms in total. The molecule has 0 atom stereocenters. The Morgan fingerprint density at radius 2 is 1.65 bits per heavy atom. The number of benzene rings is 1. The molecule has 0 unspecified atom stereocenters. The van der Waals surface area contributed by atoms with Crippen LogP contribution in [0.2, 0.25) is 18.1 Å². The minimum Gasteiger partial charge on any atom is -0.264 e. The van der Waals surface area contributed by atoms with Crippen molar-refractivity contribution in [2.75, 3.05) is 0 Å². The van der Waals surface area contributed by atoms with E-state index < -0.39 is 8.07 Å². The van der Waals surface area contributed by atoms with Crippen LogP contribution in [-0.4, -0.2) is 28.1 Å². The Morgan fingerprint density at radius 1 is 0.957 bits per heavy atom. The number of rotatable bonds is 6. The fourth-order valence-corrected chi connectivity index (χ4v) is 6.94. The second kappa shape index (κ2) is 6.62. The zero-order valence-corrected chi connectivity index (χ0v) is 15.2. The average Bonchev–Trinajstić information content (AvgIpc) is 3.02. The smallest absolute Gasteiger partial charge is 0.130 e. The van der Waals surface area contributed by atoms with Crippen LogP contribution in [0.4, 0.5) is 0 Å². The Labute approximate surface area is 138 Å². The van der Waals surface area contributed by atoms with Gasteiger partial charge in [0.2, 0.25) is 0 Å². The van der Waals surface area contributed by atoms with Crippen molar-refractivity contribution in [1.29, 1.82) is 0 Å². The number of hydrogen-bond donors (Lipinski definition) is 0. The molecule has 120 valence electrons. The van der Waals surface area contributed by atoms with Crippen molar-refractivity contribution in [2.45, 2.75) is 45.4 Å². The summed E-state index contributed by atoms with van der Waals surface area (Å²) in [7, 11) is -1.56. The fourth-order valence-electron chi connectivity index (χ4n) is 3.41. The van der Waals surface area contributed by atoms with Gasteiger partial charge in [-0.15, -0.1) is 5.10 Å². The molecule has 3 rings (SSSR count). The van der Waals surface area contributed by atoms with E-state index in [1.807, 2.05) is 23.0 Å². The number of nitrogens with zero attached hydrogens (tertiary/aromatic N) is 4. The molecular formula is C18H24N4Si. The molecule has 0 fully saturated rings. The van der Waals surface area contributed by atoms with Gasteiger partial charge < -0.3 is 0 Å². The van der Waals surface area contributed by atoms with Gasteiger partial charge in [-0.05, 0) is 11.6 Å². The zero-order valence-electron chi connectivity index (χ0n) is 14.2. The van der Waals surface area contributed by atoms with E-state index in [0.717, 1.165) is 17.6 Å². The average molecular weight is 325 g/mol. The minimum atomic E-state index is -1.56. The second-order valence-electron chi connectivity index (χ2n) is 6.10. The number of hydrogen-bond acceptors (Lipinski definition) is 3. The maximum atomic E-state index is 4.76. The van der Waals surface area contributed by atoms with Gasteiger partial charge in [0.05, 0.1) is 17.4 Å². The van der Waals surface area contributed by atoms with Crippen LogP contribution in [0.1, 0.15) is 26.3 Å². The van der Waals surface area contributed by atoms with E-state index in [0.29, 0.717) is 0 Å². The van der Waals surface area contributed by atoms with E-state index in [1.54, 1.807) is 0 Å². The molecule has 0 amide bonds. The SMILES string of the molecule is CC[Si](CC)(CC)c1nccc2c1nnn2Cc1ccccc1. The quantitative estimate of drug-likeness (QED) is 0.651. The second-order valence-corrected chi connectivity index (χ2v) is 11.3. The van der Waals surface area contributed by atoms with E-state index in [-0.39, 0.29) is 0 Å². The van der Waals surface area contributed by atoms with Gasteiger partial charge in [-0.3, -0.25) is 4.98 Å². The fraction of sp³-hybridized carbons (Fsp3) is 0.389. The van der Waals surface area contributed by atoms with Gasteiger partial charge in [0, 0.05) is 6.20 Å². The van der Waals surface area contributed by atoms with Gasteiger partial charge in [0.15, 0.2) is 0 Å². The molecule has 0 saturated heterocycles. The Hall–Kier alpha value is -2.01. The predicted octanol–water partition coefficient (Wildman–Crippen LogP) is 3.59. The first-order chi connectivity index (χ1) is 11.2. The lowest BCUT2D eigenvalue weighted by Gasteiger charge is -2.27. The summed E-state index contributed by atoms with van der Waals surface area (Å²) in [6, 6.07) is 16.1. The van der Waals surface area contributed by atoms with Crippen LogP contribution in [0.25, 0.3) is 11.0 Å². The van der Waals surface area contributed by atoms with Crippen molar-refractivity contribution >= 4 is 24.4 Å². The summed E-state index contributed by atoms with van der Waals surface area (Å²) in [5.41, 5.74) is 3.36. The molecule has 0 aliphatic carbocycles. The summed E-state index contributed by atoms with van der Waals surface area (Å²) in [5.74, 6) is 0. The van der Waals surface area contributed by atoms with Crippen LogP contribution in [-0.2, 0) is 6.54 Å². The molecular weight excluding hydrogens is 300 g/mol.